The van der Waals surface area contributed by atoms with Gasteiger partial charge in [-0.2, -0.15) is 0 Å². The van der Waals surface area contributed by atoms with Crippen LogP contribution >= 0.6 is 15.9 Å². The second kappa shape index (κ2) is 5.77. The number of hydrogen-bond donors (Lipinski definition) is 3. The van der Waals surface area contributed by atoms with Gasteiger partial charge in [0.15, 0.2) is 0 Å². The van der Waals surface area contributed by atoms with E-state index in [0.717, 1.165) is 21.2 Å². The molecule has 90 valence electrons. The Morgan fingerprint density at radius 3 is 2.19 bits per heavy atom. The molecule has 0 heterocycles. The number of nitrogens with two attached hydrogens (primary N) is 1. The van der Waals surface area contributed by atoms with Gasteiger partial charge in [0, 0.05) is 4.47 Å². The maximum atomic E-state index is 10.1. The molecule has 0 aliphatic carbocycles. The van der Waals surface area contributed by atoms with E-state index in [1.165, 1.54) is 0 Å². The lowest BCUT2D eigenvalue weighted by molar-refractivity contribution is 0.0143. The largest absolute Gasteiger partial charge is 0.390 e. The quantitative estimate of drug-likeness (QED) is 0.791. The molecule has 16 heavy (non-hydrogen) atoms. The molecule has 0 radical (unpaired) electrons. The summed E-state index contributed by atoms with van der Waals surface area (Å²) in [5.41, 5.74) is 8.10. The molecule has 2 unspecified atom stereocenters. The molecule has 4 N–H and O–H groups in total. The third-order valence-corrected chi connectivity index (χ3v) is 3.14. The Hall–Kier alpha value is -0.420. The van der Waals surface area contributed by atoms with Crippen LogP contribution in [0, 0.1) is 13.8 Å². The van der Waals surface area contributed by atoms with Crippen molar-refractivity contribution in [2.45, 2.75) is 32.5 Å². The van der Waals surface area contributed by atoms with E-state index in [1.54, 1.807) is 0 Å². The highest BCUT2D eigenvalue weighted by atomic mass is 79.9. The normalized spacial score (nSPS) is 14.9. The number of hydrogen-bond acceptors (Lipinski definition) is 3. The lowest BCUT2D eigenvalue weighted by atomic mass is 9.94. The van der Waals surface area contributed by atoms with E-state index in [-0.39, 0.29) is 0 Å². The van der Waals surface area contributed by atoms with Crippen molar-refractivity contribution in [3.63, 3.8) is 0 Å². The number of aryl methyl sites for hydroxylation is 2. The lowest BCUT2D eigenvalue weighted by Gasteiger charge is -2.21. The molecule has 0 saturated heterocycles. The first-order valence-electron chi connectivity index (χ1n) is 5.30. The van der Waals surface area contributed by atoms with E-state index in [9.17, 15) is 10.2 Å². The van der Waals surface area contributed by atoms with Crippen LogP contribution in [-0.2, 0) is 0 Å². The van der Waals surface area contributed by atoms with Gasteiger partial charge in [-0.25, -0.2) is 0 Å². The van der Waals surface area contributed by atoms with Crippen LogP contribution in [0.4, 0.5) is 0 Å². The SMILES string of the molecule is Cc1cc(Br)cc(C)c1C(O)C(O)CCN. The number of aliphatic hydroxyl groups excluding tert-OH is 2. The number of benzene rings is 1. The lowest BCUT2D eigenvalue weighted by Crippen LogP contribution is -2.23. The highest BCUT2D eigenvalue weighted by Crippen LogP contribution is 2.28. The van der Waals surface area contributed by atoms with Crippen molar-refractivity contribution in [2.24, 2.45) is 5.73 Å². The van der Waals surface area contributed by atoms with E-state index >= 15 is 0 Å². The summed E-state index contributed by atoms with van der Waals surface area (Å²) >= 11 is 3.40. The zero-order valence-electron chi connectivity index (χ0n) is 9.57. The monoisotopic (exact) mass is 287 g/mol. The zero-order valence-corrected chi connectivity index (χ0v) is 11.2. The molecule has 0 aliphatic heterocycles. The summed E-state index contributed by atoms with van der Waals surface area (Å²) in [6, 6.07) is 3.86. The van der Waals surface area contributed by atoms with E-state index < -0.39 is 12.2 Å². The van der Waals surface area contributed by atoms with Crippen LogP contribution in [0.5, 0.6) is 0 Å². The highest BCUT2D eigenvalue weighted by molar-refractivity contribution is 9.10. The third kappa shape index (κ3) is 3.04. The fraction of sp³-hybridized carbons (Fsp3) is 0.500. The van der Waals surface area contributed by atoms with Crippen LogP contribution in [-0.4, -0.2) is 22.9 Å². The zero-order chi connectivity index (χ0) is 12.3. The summed E-state index contributed by atoms with van der Waals surface area (Å²) in [6.07, 6.45) is -1.27. The molecular weight excluding hydrogens is 270 g/mol. The van der Waals surface area contributed by atoms with Gasteiger partial charge in [0.2, 0.25) is 0 Å². The molecule has 1 aromatic carbocycles. The molecule has 1 rings (SSSR count). The van der Waals surface area contributed by atoms with E-state index in [1.807, 2.05) is 26.0 Å². The van der Waals surface area contributed by atoms with Crippen molar-refractivity contribution >= 4 is 15.9 Å². The average Bonchev–Trinajstić information content (AvgIpc) is 2.16. The molecule has 2 atom stereocenters. The summed E-state index contributed by atoms with van der Waals surface area (Å²) in [4.78, 5) is 0. The third-order valence-electron chi connectivity index (χ3n) is 2.68. The Morgan fingerprint density at radius 2 is 1.75 bits per heavy atom. The number of aliphatic hydroxyl groups is 2. The molecule has 3 nitrogen and oxygen atoms in total. The molecule has 0 spiro atoms. The first-order valence-corrected chi connectivity index (χ1v) is 6.09. The summed E-state index contributed by atoms with van der Waals surface area (Å²) in [7, 11) is 0. The van der Waals surface area contributed by atoms with Crippen molar-refractivity contribution in [2.75, 3.05) is 6.54 Å². The summed E-state index contributed by atoms with van der Waals surface area (Å²) in [5.74, 6) is 0. The van der Waals surface area contributed by atoms with Gasteiger partial charge >= 0.3 is 0 Å². The van der Waals surface area contributed by atoms with Crippen LogP contribution in [0.3, 0.4) is 0 Å². The predicted molar refractivity (Wildman–Crippen MR) is 68.3 cm³/mol. The molecular formula is C12H18BrNO2. The molecule has 0 bridgehead atoms. The molecule has 0 fully saturated rings. The van der Waals surface area contributed by atoms with E-state index in [4.69, 9.17) is 5.73 Å². The van der Waals surface area contributed by atoms with Crippen LogP contribution in [0.15, 0.2) is 16.6 Å². The van der Waals surface area contributed by atoms with Crippen molar-refractivity contribution in [1.82, 2.24) is 0 Å². The fourth-order valence-electron chi connectivity index (χ4n) is 1.91. The molecule has 4 heteroatoms. The summed E-state index contributed by atoms with van der Waals surface area (Å²) in [6.45, 7) is 4.21. The Balaban J connectivity index is 3.03. The van der Waals surface area contributed by atoms with Gasteiger partial charge in [0.05, 0.1) is 6.10 Å². The predicted octanol–water partition coefficient (Wildman–Crippen LogP) is 1.81. The van der Waals surface area contributed by atoms with E-state index in [2.05, 4.69) is 15.9 Å². The van der Waals surface area contributed by atoms with Crippen LogP contribution < -0.4 is 5.73 Å². The van der Waals surface area contributed by atoms with Gasteiger partial charge in [-0.05, 0) is 55.6 Å². The van der Waals surface area contributed by atoms with Gasteiger partial charge in [0.1, 0.15) is 6.10 Å². The Kier molecular flexibility index (Phi) is 4.92. The van der Waals surface area contributed by atoms with Gasteiger partial charge in [-0.3, -0.25) is 0 Å². The molecule has 0 aromatic heterocycles. The molecule has 0 aliphatic rings. The summed E-state index contributed by atoms with van der Waals surface area (Å²) in [5, 5.41) is 19.8. The van der Waals surface area contributed by atoms with Gasteiger partial charge < -0.3 is 15.9 Å². The summed E-state index contributed by atoms with van der Waals surface area (Å²) < 4.78 is 0.978. The van der Waals surface area contributed by atoms with Gasteiger partial charge in [-0.15, -0.1) is 0 Å². The maximum Gasteiger partial charge on any atom is 0.105 e. The standard InChI is InChI=1S/C12H18BrNO2/c1-7-5-9(13)6-8(2)11(7)12(16)10(15)3-4-14/h5-6,10,12,15-16H,3-4,14H2,1-2H3. The second-order valence-electron chi connectivity index (χ2n) is 4.04. The van der Waals surface area contributed by atoms with Crippen molar-refractivity contribution in [3.8, 4) is 0 Å². The van der Waals surface area contributed by atoms with Gasteiger partial charge in [-0.1, -0.05) is 15.9 Å². The number of rotatable bonds is 4. The topological polar surface area (TPSA) is 66.5 Å². The molecule has 1 aromatic rings. The maximum absolute atomic E-state index is 10.1. The first kappa shape index (κ1) is 13.6. The Morgan fingerprint density at radius 1 is 1.25 bits per heavy atom. The molecule has 0 saturated carbocycles. The number of halogens is 1. The van der Waals surface area contributed by atoms with Crippen LogP contribution in [0.25, 0.3) is 0 Å². The molecule has 0 amide bonds. The smallest absolute Gasteiger partial charge is 0.105 e. The van der Waals surface area contributed by atoms with Gasteiger partial charge in [0.25, 0.3) is 0 Å². The second-order valence-corrected chi connectivity index (χ2v) is 4.96. The van der Waals surface area contributed by atoms with Crippen molar-refractivity contribution in [1.29, 1.82) is 0 Å². The van der Waals surface area contributed by atoms with Crippen molar-refractivity contribution in [3.05, 3.63) is 33.3 Å². The fourth-order valence-corrected chi connectivity index (χ4v) is 2.60. The average molecular weight is 288 g/mol. The van der Waals surface area contributed by atoms with Crippen LogP contribution in [0.2, 0.25) is 0 Å². The highest BCUT2D eigenvalue weighted by Gasteiger charge is 2.21. The van der Waals surface area contributed by atoms with E-state index in [0.29, 0.717) is 13.0 Å². The Bertz CT molecular complexity index is 345. The minimum Gasteiger partial charge on any atom is -0.390 e. The first-order chi connectivity index (χ1) is 7.47. The van der Waals surface area contributed by atoms with Crippen LogP contribution in [0.1, 0.15) is 29.2 Å². The minimum atomic E-state index is -0.864. The minimum absolute atomic E-state index is 0.368. The van der Waals surface area contributed by atoms with Crippen molar-refractivity contribution < 1.29 is 10.2 Å². The Labute approximate surface area is 104 Å².